The van der Waals surface area contributed by atoms with E-state index in [4.69, 9.17) is 9.31 Å². The first-order chi connectivity index (χ1) is 9.78. The van der Waals surface area contributed by atoms with Gasteiger partial charge in [0, 0.05) is 12.3 Å². The maximum Gasteiger partial charge on any atom is 0.525 e. The number of fused-ring (bicyclic) bond motifs is 1. The third kappa shape index (κ3) is 2.47. The Labute approximate surface area is 122 Å². The Hall–Kier alpha value is -1.73. The predicted octanol–water partition coefficient (Wildman–Crippen LogP) is 2.67. The molecular weight excluding hydrogens is 272 g/mol. The molecule has 0 aromatic carbocycles. The Morgan fingerprint density at radius 2 is 1.90 bits per heavy atom. The van der Waals surface area contributed by atoms with E-state index < -0.39 is 24.0 Å². The fourth-order valence-corrected chi connectivity index (χ4v) is 2.06. The van der Waals surface area contributed by atoms with Crippen molar-refractivity contribution in [2.45, 2.75) is 38.9 Å². The molecule has 3 heterocycles. The molecule has 0 amide bonds. The molecule has 0 unspecified atom stereocenters. The summed E-state index contributed by atoms with van der Waals surface area (Å²) >= 11 is 0. The summed E-state index contributed by atoms with van der Waals surface area (Å²) in [7, 11) is -1.03. The van der Waals surface area contributed by atoms with Crippen LogP contribution in [0, 0.1) is 0 Å². The maximum atomic E-state index is 14.3. The van der Waals surface area contributed by atoms with E-state index in [2.05, 4.69) is 10.1 Å². The molecule has 0 N–H and O–H groups in total. The molecule has 0 spiro atoms. The highest BCUT2D eigenvalue weighted by atomic mass is 19.1. The van der Waals surface area contributed by atoms with Gasteiger partial charge >= 0.3 is 7.12 Å². The number of hydrogen-bond donors (Lipinski definition) is 0. The van der Waals surface area contributed by atoms with E-state index in [0.717, 1.165) is 0 Å². The van der Waals surface area contributed by atoms with Crippen molar-refractivity contribution in [2.75, 3.05) is 0 Å². The van der Waals surface area contributed by atoms with Crippen LogP contribution in [-0.4, -0.2) is 32.9 Å². The maximum absolute atomic E-state index is 14.3. The summed E-state index contributed by atoms with van der Waals surface area (Å²) in [6.45, 7) is 7.51. The number of pyridine rings is 1. The molecule has 0 aliphatic carbocycles. The molecule has 0 radical (unpaired) electrons. The van der Waals surface area contributed by atoms with Crippen molar-refractivity contribution in [1.29, 1.82) is 0 Å². The van der Waals surface area contributed by atoms with Crippen LogP contribution in [0.25, 0.3) is 11.7 Å². The Kier molecular flexibility index (Phi) is 3.14. The van der Waals surface area contributed by atoms with Gasteiger partial charge in [-0.3, -0.25) is 0 Å². The van der Waals surface area contributed by atoms with Gasteiger partial charge in [-0.05, 0) is 39.8 Å². The van der Waals surface area contributed by atoms with Gasteiger partial charge in [-0.25, -0.2) is 13.9 Å². The van der Waals surface area contributed by atoms with Crippen molar-refractivity contribution in [3.8, 4) is 0 Å². The normalized spacial score (nSPS) is 21.2. The smallest absolute Gasteiger partial charge is 0.398 e. The van der Waals surface area contributed by atoms with Crippen LogP contribution in [-0.2, 0) is 9.31 Å². The largest absolute Gasteiger partial charge is 0.525 e. The molecule has 0 bridgehead atoms. The third-order valence-electron chi connectivity index (χ3n) is 4.00. The number of aromatic nitrogens is 3. The fraction of sp³-hybridized carbons (Fsp3) is 0.429. The van der Waals surface area contributed by atoms with E-state index in [-0.39, 0.29) is 5.82 Å². The highest BCUT2D eigenvalue weighted by Crippen LogP contribution is 2.38. The zero-order valence-electron chi connectivity index (χ0n) is 12.5. The Balaban J connectivity index is 1.87. The number of rotatable bonds is 2. The van der Waals surface area contributed by atoms with Gasteiger partial charge in [-0.15, -0.1) is 5.10 Å². The second-order valence-corrected chi connectivity index (χ2v) is 6.09. The van der Waals surface area contributed by atoms with Crippen LogP contribution in [0.15, 0.2) is 30.1 Å². The molecule has 3 rings (SSSR count). The quantitative estimate of drug-likeness (QED) is 0.797. The molecule has 1 aliphatic heterocycles. The molecule has 1 fully saturated rings. The van der Waals surface area contributed by atoms with Gasteiger partial charge in [0.15, 0.2) is 11.5 Å². The molecule has 1 saturated heterocycles. The second-order valence-electron chi connectivity index (χ2n) is 6.09. The summed E-state index contributed by atoms with van der Waals surface area (Å²) < 4.78 is 27.2. The Morgan fingerprint density at radius 3 is 2.52 bits per heavy atom. The molecule has 2 aromatic rings. The summed E-state index contributed by atoms with van der Waals surface area (Å²) in [5, 5.41) is 4.17. The van der Waals surface area contributed by atoms with Gasteiger partial charge in [-0.2, -0.15) is 0 Å². The van der Waals surface area contributed by atoms with Crippen molar-refractivity contribution in [3.05, 3.63) is 35.9 Å². The van der Waals surface area contributed by atoms with Crippen LogP contribution < -0.4 is 0 Å². The van der Waals surface area contributed by atoms with Gasteiger partial charge in [0.2, 0.25) is 0 Å². The first-order valence-corrected chi connectivity index (χ1v) is 6.83. The second kappa shape index (κ2) is 4.64. The SMILES string of the molecule is CC1(C)OB(C(F)=Cc2nc3ccccn3n2)OC1(C)C. The lowest BCUT2D eigenvalue weighted by atomic mass is 9.88. The molecule has 2 aromatic heterocycles. The molecule has 21 heavy (non-hydrogen) atoms. The topological polar surface area (TPSA) is 48.7 Å². The van der Waals surface area contributed by atoms with Crippen LogP contribution in [0.4, 0.5) is 4.39 Å². The Morgan fingerprint density at radius 1 is 1.24 bits per heavy atom. The van der Waals surface area contributed by atoms with Crippen LogP contribution in [0.2, 0.25) is 0 Å². The van der Waals surface area contributed by atoms with Crippen LogP contribution >= 0.6 is 0 Å². The van der Waals surface area contributed by atoms with E-state index in [1.165, 1.54) is 6.08 Å². The van der Waals surface area contributed by atoms with Crippen LogP contribution in [0.3, 0.4) is 0 Å². The average molecular weight is 289 g/mol. The lowest BCUT2D eigenvalue weighted by molar-refractivity contribution is 0.00578. The zero-order valence-corrected chi connectivity index (χ0v) is 12.5. The van der Waals surface area contributed by atoms with Crippen molar-refractivity contribution >= 4 is 18.8 Å². The fourth-order valence-electron chi connectivity index (χ4n) is 2.06. The minimum Gasteiger partial charge on any atom is -0.398 e. The average Bonchev–Trinajstić information content (AvgIpc) is 2.87. The minimum absolute atomic E-state index is 0.286. The third-order valence-corrected chi connectivity index (χ3v) is 4.00. The summed E-state index contributed by atoms with van der Waals surface area (Å²) in [6, 6.07) is 5.49. The molecule has 0 atom stereocenters. The minimum atomic E-state index is -1.03. The summed E-state index contributed by atoms with van der Waals surface area (Å²) in [6.07, 6.45) is 3.00. The van der Waals surface area contributed by atoms with Crippen molar-refractivity contribution < 1.29 is 13.7 Å². The highest BCUT2D eigenvalue weighted by molar-refractivity contribution is 6.54. The van der Waals surface area contributed by atoms with Crippen LogP contribution in [0.5, 0.6) is 0 Å². The van der Waals surface area contributed by atoms with Gasteiger partial charge in [0.1, 0.15) is 5.73 Å². The van der Waals surface area contributed by atoms with Crippen molar-refractivity contribution in [3.63, 3.8) is 0 Å². The molecule has 110 valence electrons. The lowest BCUT2D eigenvalue weighted by Crippen LogP contribution is -2.41. The zero-order chi connectivity index (χ0) is 15.3. The first kappa shape index (κ1) is 14.2. The van der Waals surface area contributed by atoms with E-state index in [9.17, 15) is 4.39 Å². The summed E-state index contributed by atoms with van der Waals surface area (Å²) in [4.78, 5) is 4.22. The van der Waals surface area contributed by atoms with Crippen LogP contribution in [0.1, 0.15) is 33.5 Å². The summed E-state index contributed by atoms with van der Waals surface area (Å²) in [5.41, 5.74) is -1.03. The summed E-state index contributed by atoms with van der Waals surface area (Å²) in [5.74, 6) is 0.286. The Bertz CT molecular complexity index is 662. The van der Waals surface area contributed by atoms with Gasteiger partial charge in [0.25, 0.3) is 0 Å². The van der Waals surface area contributed by atoms with E-state index >= 15 is 0 Å². The van der Waals surface area contributed by atoms with Gasteiger partial charge in [0.05, 0.1) is 11.2 Å². The number of nitrogens with zero attached hydrogens (tertiary/aromatic N) is 3. The monoisotopic (exact) mass is 289 g/mol. The van der Waals surface area contributed by atoms with Crippen molar-refractivity contribution in [1.82, 2.24) is 14.6 Å². The molecule has 1 aliphatic rings. The standard InChI is InChI=1S/C14H17BFN3O2/c1-13(2)14(3,4)21-15(20-13)10(16)9-11-17-12-7-5-6-8-19(12)18-11/h5-9H,1-4H3. The number of hydrogen-bond acceptors (Lipinski definition) is 4. The van der Waals surface area contributed by atoms with E-state index in [1.54, 1.807) is 16.8 Å². The van der Waals surface area contributed by atoms with Gasteiger partial charge < -0.3 is 9.31 Å². The predicted molar refractivity (Wildman–Crippen MR) is 78.2 cm³/mol. The van der Waals surface area contributed by atoms with E-state index in [1.807, 2.05) is 39.8 Å². The highest BCUT2D eigenvalue weighted by Gasteiger charge is 2.53. The lowest BCUT2D eigenvalue weighted by Gasteiger charge is -2.32. The van der Waals surface area contributed by atoms with Gasteiger partial charge in [-0.1, -0.05) is 6.07 Å². The van der Waals surface area contributed by atoms with E-state index in [0.29, 0.717) is 5.65 Å². The number of halogens is 1. The molecule has 5 nitrogen and oxygen atoms in total. The first-order valence-electron chi connectivity index (χ1n) is 6.83. The molecule has 7 heteroatoms. The molecular formula is C14H17BFN3O2. The molecule has 0 saturated carbocycles. The van der Waals surface area contributed by atoms with Crippen molar-refractivity contribution in [2.24, 2.45) is 0 Å².